The Labute approximate surface area is 243 Å². The number of phenols is 2. The minimum Gasteiger partial charge on any atom is -0.507 e. The predicted molar refractivity (Wildman–Crippen MR) is 153 cm³/mol. The zero-order valence-corrected chi connectivity index (χ0v) is 24.3. The normalized spacial score (nSPS) is 11.4. The van der Waals surface area contributed by atoms with Crippen LogP contribution in [0.4, 0.5) is 0 Å². The van der Waals surface area contributed by atoms with E-state index in [4.69, 9.17) is 18.9 Å². The van der Waals surface area contributed by atoms with E-state index < -0.39 is 36.0 Å². The van der Waals surface area contributed by atoms with E-state index in [9.17, 15) is 29.4 Å². The second-order valence-electron chi connectivity index (χ2n) is 11.5. The quantitative estimate of drug-likeness (QED) is 0.185. The molecule has 0 atom stereocenters. The summed E-state index contributed by atoms with van der Waals surface area (Å²) in [7, 11) is 0. The summed E-state index contributed by atoms with van der Waals surface area (Å²) in [5.74, 6) is -0.905. The SMILES string of the molecule is CC(C)(C)c1cc(OCC(=O)Oc2ccc(OC(=O)COc3cc(C=O)c(O)c(C(C)(C)C)c3)cc2)cc(C=O)c1O. The Hall–Kier alpha value is -4.86. The molecule has 222 valence electrons. The van der Waals surface area contributed by atoms with Crippen LogP contribution in [0.2, 0.25) is 0 Å². The second-order valence-corrected chi connectivity index (χ2v) is 11.5. The lowest BCUT2D eigenvalue weighted by Crippen LogP contribution is -2.19. The molecule has 0 saturated heterocycles. The molecule has 10 nitrogen and oxygen atoms in total. The van der Waals surface area contributed by atoms with Gasteiger partial charge >= 0.3 is 11.9 Å². The number of esters is 2. The summed E-state index contributed by atoms with van der Waals surface area (Å²) >= 11 is 0. The van der Waals surface area contributed by atoms with Gasteiger partial charge in [0, 0.05) is 11.1 Å². The lowest BCUT2D eigenvalue weighted by Gasteiger charge is -2.22. The van der Waals surface area contributed by atoms with Gasteiger partial charge in [-0.3, -0.25) is 9.59 Å². The number of benzene rings is 3. The van der Waals surface area contributed by atoms with E-state index in [0.717, 1.165) is 0 Å². The van der Waals surface area contributed by atoms with Crippen molar-refractivity contribution in [2.45, 2.75) is 52.4 Å². The van der Waals surface area contributed by atoms with Gasteiger partial charge in [-0.25, -0.2) is 9.59 Å². The molecule has 0 radical (unpaired) electrons. The summed E-state index contributed by atoms with van der Waals surface area (Å²) in [6.07, 6.45) is 1.02. The highest BCUT2D eigenvalue weighted by atomic mass is 16.6. The Morgan fingerprint density at radius 2 is 0.952 bits per heavy atom. The number of hydrogen-bond donors (Lipinski definition) is 2. The van der Waals surface area contributed by atoms with Crippen molar-refractivity contribution in [1.29, 1.82) is 0 Å². The Morgan fingerprint density at radius 1 is 0.619 bits per heavy atom. The number of ether oxygens (including phenoxy) is 4. The van der Waals surface area contributed by atoms with Crippen LogP contribution in [-0.4, -0.2) is 47.9 Å². The minimum absolute atomic E-state index is 0.0461. The molecule has 0 spiro atoms. The summed E-state index contributed by atoms with van der Waals surface area (Å²) in [5.41, 5.74) is 0.138. The first-order valence-corrected chi connectivity index (χ1v) is 13.0. The highest BCUT2D eigenvalue weighted by molar-refractivity contribution is 5.82. The van der Waals surface area contributed by atoms with Gasteiger partial charge in [0.1, 0.15) is 34.5 Å². The molecular formula is C32H34O10. The zero-order valence-electron chi connectivity index (χ0n) is 24.3. The number of carbonyl (C=O) groups excluding carboxylic acids is 4. The number of hydrogen-bond acceptors (Lipinski definition) is 10. The summed E-state index contributed by atoms with van der Waals surface area (Å²) in [5, 5.41) is 20.6. The Kier molecular flexibility index (Phi) is 9.62. The predicted octanol–water partition coefficient (Wildman–Crippen LogP) is 5.29. The number of carbonyl (C=O) groups is 4. The topological polar surface area (TPSA) is 146 Å². The van der Waals surface area contributed by atoms with Crippen molar-refractivity contribution in [3.63, 3.8) is 0 Å². The molecule has 0 heterocycles. The van der Waals surface area contributed by atoms with Gasteiger partial charge in [0.15, 0.2) is 25.8 Å². The Balaban J connectivity index is 1.55. The number of aromatic hydroxyl groups is 2. The van der Waals surface area contributed by atoms with Crippen molar-refractivity contribution in [2.24, 2.45) is 0 Å². The van der Waals surface area contributed by atoms with E-state index in [1.54, 1.807) is 12.1 Å². The van der Waals surface area contributed by atoms with Crippen molar-refractivity contribution in [1.82, 2.24) is 0 Å². The van der Waals surface area contributed by atoms with Crippen LogP contribution >= 0.6 is 0 Å². The van der Waals surface area contributed by atoms with Crippen LogP contribution in [0.3, 0.4) is 0 Å². The first-order valence-electron chi connectivity index (χ1n) is 13.0. The molecule has 0 amide bonds. The average molecular weight is 579 g/mol. The zero-order chi connectivity index (χ0) is 31.2. The van der Waals surface area contributed by atoms with Crippen LogP contribution in [0.1, 0.15) is 73.4 Å². The molecule has 2 N–H and O–H groups in total. The van der Waals surface area contributed by atoms with E-state index in [2.05, 4.69) is 0 Å². The molecule has 0 saturated carbocycles. The maximum absolute atomic E-state index is 12.3. The molecule has 0 aliphatic rings. The van der Waals surface area contributed by atoms with Gasteiger partial charge in [-0.2, -0.15) is 0 Å². The van der Waals surface area contributed by atoms with Gasteiger partial charge in [-0.05, 0) is 59.4 Å². The number of aldehydes is 2. The molecule has 0 fully saturated rings. The first kappa shape index (κ1) is 31.7. The fourth-order valence-electron chi connectivity index (χ4n) is 3.93. The van der Waals surface area contributed by atoms with Crippen molar-refractivity contribution in [2.75, 3.05) is 13.2 Å². The Bertz CT molecular complexity index is 1360. The molecule has 0 bridgehead atoms. The lowest BCUT2D eigenvalue weighted by atomic mass is 9.85. The lowest BCUT2D eigenvalue weighted by molar-refractivity contribution is -0.137. The van der Waals surface area contributed by atoms with Gasteiger partial charge < -0.3 is 29.2 Å². The van der Waals surface area contributed by atoms with Crippen LogP contribution in [0.15, 0.2) is 48.5 Å². The molecule has 0 aliphatic carbocycles. The minimum atomic E-state index is -0.718. The standard InChI is InChI=1S/C32H34O10/c1-31(2,3)25-13-23(11-19(15-33)29(25)37)39-17-27(35)41-21-7-9-22(10-8-21)42-28(36)18-40-24-12-20(16-34)30(38)26(14-24)32(4,5)6/h7-16,37-38H,17-18H2,1-6H3. The van der Waals surface area contributed by atoms with Gasteiger partial charge in [0.2, 0.25) is 0 Å². The van der Waals surface area contributed by atoms with Crippen molar-refractivity contribution < 1.29 is 48.3 Å². The molecule has 0 unspecified atom stereocenters. The Morgan fingerprint density at radius 3 is 1.24 bits per heavy atom. The van der Waals surface area contributed by atoms with Crippen LogP contribution in [0, 0.1) is 0 Å². The third-order valence-corrected chi connectivity index (χ3v) is 6.10. The van der Waals surface area contributed by atoms with Gasteiger partial charge in [0.25, 0.3) is 0 Å². The van der Waals surface area contributed by atoms with Crippen molar-refractivity contribution in [3.05, 3.63) is 70.8 Å². The highest BCUT2D eigenvalue weighted by Crippen LogP contribution is 2.37. The van der Waals surface area contributed by atoms with Crippen molar-refractivity contribution in [3.8, 4) is 34.5 Å². The van der Waals surface area contributed by atoms with E-state index in [1.165, 1.54) is 36.4 Å². The maximum Gasteiger partial charge on any atom is 0.349 e. The fraction of sp³-hybridized carbons (Fsp3) is 0.312. The third-order valence-electron chi connectivity index (χ3n) is 6.10. The van der Waals surface area contributed by atoms with E-state index in [1.807, 2.05) is 41.5 Å². The molecule has 3 aromatic rings. The second kappa shape index (κ2) is 12.8. The molecule has 42 heavy (non-hydrogen) atoms. The summed E-state index contributed by atoms with van der Waals surface area (Å²) in [6.45, 7) is 10.3. The largest absolute Gasteiger partial charge is 0.507 e. The van der Waals surface area contributed by atoms with E-state index >= 15 is 0 Å². The summed E-state index contributed by atoms with van der Waals surface area (Å²) < 4.78 is 21.5. The summed E-state index contributed by atoms with van der Waals surface area (Å²) in [6, 6.07) is 11.5. The molecular weight excluding hydrogens is 544 g/mol. The number of rotatable bonds is 10. The average Bonchev–Trinajstić information content (AvgIpc) is 2.91. The highest BCUT2D eigenvalue weighted by Gasteiger charge is 2.23. The van der Waals surface area contributed by atoms with Gasteiger partial charge in [-0.15, -0.1) is 0 Å². The third kappa shape index (κ3) is 8.09. The van der Waals surface area contributed by atoms with Gasteiger partial charge in [-0.1, -0.05) is 41.5 Å². The molecule has 3 rings (SSSR count). The molecule has 3 aromatic carbocycles. The van der Waals surface area contributed by atoms with E-state index in [-0.39, 0.29) is 45.6 Å². The van der Waals surface area contributed by atoms with Crippen LogP contribution in [0.5, 0.6) is 34.5 Å². The van der Waals surface area contributed by atoms with Crippen LogP contribution < -0.4 is 18.9 Å². The summed E-state index contributed by atoms with van der Waals surface area (Å²) in [4.78, 5) is 47.3. The molecule has 10 heteroatoms. The molecule has 0 aromatic heterocycles. The first-order chi connectivity index (χ1) is 19.6. The maximum atomic E-state index is 12.3. The smallest absolute Gasteiger partial charge is 0.349 e. The molecule has 0 aliphatic heterocycles. The monoisotopic (exact) mass is 578 g/mol. The van der Waals surface area contributed by atoms with E-state index in [0.29, 0.717) is 23.7 Å². The van der Waals surface area contributed by atoms with Gasteiger partial charge in [0.05, 0.1) is 11.1 Å². The van der Waals surface area contributed by atoms with Crippen LogP contribution in [-0.2, 0) is 20.4 Å². The fourth-order valence-corrected chi connectivity index (χ4v) is 3.93. The van der Waals surface area contributed by atoms with Crippen molar-refractivity contribution >= 4 is 24.5 Å². The van der Waals surface area contributed by atoms with Crippen LogP contribution in [0.25, 0.3) is 0 Å². The number of phenolic OH excluding ortho intramolecular Hbond substituents is 2.